The average molecular weight is 265 g/mol. The third kappa shape index (κ3) is 4.67. The van der Waals surface area contributed by atoms with Crippen LogP contribution in [0.1, 0.15) is 38.6 Å². The van der Waals surface area contributed by atoms with Crippen LogP contribution in [0.3, 0.4) is 0 Å². The summed E-state index contributed by atoms with van der Waals surface area (Å²) in [4.78, 5) is 11.2. The minimum Gasteiger partial charge on any atom is -0.383 e. The topological polar surface area (TPSA) is 67.1 Å². The molecule has 0 radical (unpaired) electrons. The number of nitrogens with zero attached hydrogens (tertiary/aromatic N) is 3. The van der Waals surface area contributed by atoms with Gasteiger partial charge in [-0.2, -0.15) is 0 Å². The zero-order valence-corrected chi connectivity index (χ0v) is 12.7. The summed E-state index contributed by atoms with van der Waals surface area (Å²) >= 11 is 0. The van der Waals surface area contributed by atoms with Gasteiger partial charge in [0.1, 0.15) is 17.5 Å². The van der Waals surface area contributed by atoms with Gasteiger partial charge in [0.25, 0.3) is 0 Å². The molecule has 1 aromatic heterocycles. The fourth-order valence-electron chi connectivity index (χ4n) is 1.99. The Balaban J connectivity index is 2.59. The maximum absolute atomic E-state index is 5.90. The Morgan fingerprint density at radius 3 is 2.47 bits per heavy atom. The zero-order valence-electron chi connectivity index (χ0n) is 12.7. The summed E-state index contributed by atoms with van der Waals surface area (Å²) in [6.07, 6.45) is 1.99. The van der Waals surface area contributed by atoms with E-state index in [9.17, 15) is 0 Å². The lowest BCUT2D eigenvalue weighted by molar-refractivity contribution is 0.300. The zero-order chi connectivity index (χ0) is 14.3. The van der Waals surface area contributed by atoms with Gasteiger partial charge in [0, 0.05) is 25.1 Å². The van der Waals surface area contributed by atoms with E-state index in [1.165, 1.54) is 6.42 Å². The SMILES string of the molecule is CCCN(CC)CCNc1nc(CC)nc(N)c1C. The lowest BCUT2D eigenvalue weighted by Gasteiger charge is -2.20. The summed E-state index contributed by atoms with van der Waals surface area (Å²) < 4.78 is 0. The van der Waals surface area contributed by atoms with Crippen LogP contribution in [0.4, 0.5) is 11.6 Å². The Morgan fingerprint density at radius 1 is 1.16 bits per heavy atom. The number of aryl methyl sites for hydroxylation is 1. The number of nitrogen functional groups attached to an aromatic ring is 1. The molecule has 3 N–H and O–H groups in total. The second-order valence-electron chi connectivity index (χ2n) is 4.71. The normalized spacial score (nSPS) is 11.0. The van der Waals surface area contributed by atoms with Crippen molar-refractivity contribution >= 4 is 11.6 Å². The molecule has 5 nitrogen and oxygen atoms in total. The third-order valence-corrected chi connectivity index (χ3v) is 3.25. The van der Waals surface area contributed by atoms with Gasteiger partial charge in [-0.25, -0.2) is 9.97 Å². The molecule has 0 atom stereocenters. The van der Waals surface area contributed by atoms with E-state index in [2.05, 4.69) is 34.0 Å². The molecule has 0 aliphatic rings. The summed E-state index contributed by atoms with van der Waals surface area (Å²) in [5.41, 5.74) is 6.84. The van der Waals surface area contributed by atoms with Crippen LogP contribution in [-0.4, -0.2) is 41.0 Å². The first kappa shape index (κ1) is 15.7. The number of anilines is 2. The van der Waals surface area contributed by atoms with Crippen LogP contribution in [0.5, 0.6) is 0 Å². The smallest absolute Gasteiger partial charge is 0.134 e. The Hall–Kier alpha value is -1.36. The molecule has 0 aliphatic carbocycles. The van der Waals surface area contributed by atoms with Crippen LogP contribution in [0.25, 0.3) is 0 Å². The van der Waals surface area contributed by atoms with Gasteiger partial charge in [-0.15, -0.1) is 0 Å². The number of nitrogens with two attached hydrogens (primary N) is 1. The second-order valence-corrected chi connectivity index (χ2v) is 4.71. The molecule has 19 heavy (non-hydrogen) atoms. The van der Waals surface area contributed by atoms with Crippen LogP contribution in [0.15, 0.2) is 0 Å². The van der Waals surface area contributed by atoms with Gasteiger partial charge in [0.15, 0.2) is 0 Å². The molecular formula is C14H27N5. The van der Waals surface area contributed by atoms with Gasteiger partial charge in [0.05, 0.1) is 0 Å². The van der Waals surface area contributed by atoms with E-state index in [-0.39, 0.29) is 0 Å². The first-order chi connectivity index (χ1) is 9.12. The minimum absolute atomic E-state index is 0.579. The van der Waals surface area contributed by atoms with Gasteiger partial charge in [0.2, 0.25) is 0 Å². The monoisotopic (exact) mass is 265 g/mol. The highest BCUT2D eigenvalue weighted by molar-refractivity contribution is 5.54. The lowest BCUT2D eigenvalue weighted by atomic mass is 10.3. The Morgan fingerprint density at radius 2 is 1.89 bits per heavy atom. The van der Waals surface area contributed by atoms with E-state index in [1.807, 2.05) is 13.8 Å². The van der Waals surface area contributed by atoms with E-state index in [1.54, 1.807) is 0 Å². The van der Waals surface area contributed by atoms with Crippen molar-refractivity contribution in [2.45, 2.75) is 40.5 Å². The van der Waals surface area contributed by atoms with E-state index >= 15 is 0 Å². The van der Waals surface area contributed by atoms with Gasteiger partial charge in [-0.05, 0) is 26.4 Å². The molecule has 0 unspecified atom stereocenters. The third-order valence-electron chi connectivity index (χ3n) is 3.25. The van der Waals surface area contributed by atoms with Gasteiger partial charge in [-0.3, -0.25) is 0 Å². The Bertz CT molecular complexity index is 392. The van der Waals surface area contributed by atoms with Crippen LogP contribution in [-0.2, 0) is 6.42 Å². The van der Waals surface area contributed by atoms with Crippen molar-refractivity contribution in [2.24, 2.45) is 0 Å². The number of nitrogens with one attached hydrogen (secondary N) is 1. The van der Waals surface area contributed by atoms with E-state index < -0.39 is 0 Å². The largest absolute Gasteiger partial charge is 0.383 e. The molecule has 0 saturated carbocycles. The second kappa shape index (κ2) is 7.94. The molecule has 1 rings (SSSR count). The maximum Gasteiger partial charge on any atom is 0.134 e. The maximum atomic E-state index is 5.90. The van der Waals surface area contributed by atoms with Crippen molar-refractivity contribution in [3.8, 4) is 0 Å². The first-order valence-corrected chi connectivity index (χ1v) is 7.21. The van der Waals surface area contributed by atoms with E-state index in [4.69, 9.17) is 5.73 Å². The average Bonchev–Trinajstić information content (AvgIpc) is 2.42. The highest BCUT2D eigenvalue weighted by Crippen LogP contribution is 2.17. The summed E-state index contributed by atoms with van der Waals surface area (Å²) in [6.45, 7) is 12.5. The molecule has 108 valence electrons. The predicted octanol–water partition coefficient (Wildman–Crippen LogP) is 2.07. The van der Waals surface area contributed by atoms with E-state index in [0.717, 1.165) is 49.8 Å². The molecule has 0 fully saturated rings. The fourth-order valence-corrected chi connectivity index (χ4v) is 1.99. The number of rotatable bonds is 8. The molecule has 1 aromatic rings. The first-order valence-electron chi connectivity index (χ1n) is 7.21. The Kier molecular flexibility index (Phi) is 6.56. The van der Waals surface area contributed by atoms with Gasteiger partial charge < -0.3 is 16.0 Å². The van der Waals surface area contributed by atoms with Crippen molar-refractivity contribution in [1.29, 1.82) is 0 Å². The number of hydrogen-bond donors (Lipinski definition) is 2. The number of hydrogen-bond acceptors (Lipinski definition) is 5. The summed E-state index contributed by atoms with van der Waals surface area (Å²) in [5.74, 6) is 2.25. The van der Waals surface area contributed by atoms with Crippen LogP contribution in [0, 0.1) is 6.92 Å². The van der Waals surface area contributed by atoms with Crippen LogP contribution < -0.4 is 11.1 Å². The number of likely N-dealkylation sites (N-methyl/N-ethyl adjacent to an activating group) is 1. The van der Waals surface area contributed by atoms with Crippen molar-refractivity contribution < 1.29 is 0 Å². The molecule has 0 saturated heterocycles. The molecule has 0 spiro atoms. The molecule has 0 aromatic carbocycles. The summed E-state index contributed by atoms with van der Waals surface area (Å²) in [7, 11) is 0. The van der Waals surface area contributed by atoms with Gasteiger partial charge in [-0.1, -0.05) is 20.8 Å². The quantitative estimate of drug-likeness (QED) is 0.753. The fraction of sp³-hybridized carbons (Fsp3) is 0.714. The Labute approximate surface area is 116 Å². The van der Waals surface area contributed by atoms with Crippen molar-refractivity contribution in [3.63, 3.8) is 0 Å². The van der Waals surface area contributed by atoms with Crippen molar-refractivity contribution in [1.82, 2.24) is 14.9 Å². The minimum atomic E-state index is 0.579. The molecule has 0 aliphatic heterocycles. The molecular weight excluding hydrogens is 238 g/mol. The van der Waals surface area contributed by atoms with E-state index in [0.29, 0.717) is 5.82 Å². The van der Waals surface area contributed by atoms with Crippen LogP contribution >= 0.6 is 0 Å². The summed E-state index contributed by atoms with van der Waals surface area (Å²) in [6, 6.07) is 0. The molecule has 1 heterocycles. The van der Waals surface area contributed by atoms with Gasteiger partial charge >= 0.3 is 0 Å². The molecule has 5 heteroatoms. The highest BCUT2D eigenvalue weighted by Gasteiger charge is 2.08. The van der Waals surface area contributed by atoms with Crippen molar-refractivity contribution in [2.75, 3.05) is 37.2 Å². The van der Waals surface area contributed by atoms with Crippen molar-refractivity contribution in [3.05, 3.63) is 11.4 Å². The predicted molar refractivity (Wildman–Crippen MR) is 81.5 cm³/mol. The standard InChI is InChI=1S/C14H27N5/c1-5-9-19(7-3)10-8-16-14-11(4)13(15)17-12(6-2)18-14/h5-10H2,1-4H3,(H3,15,16,17,18). The highest BCUT2D eigenvalue weighted by atomic mass is 15.1. The van der Waals surface area contributed by atoms with Crippen LogP contribution in [0.2, 0.25) is 0 Å². The molecule has 0 bridgehead atoms. The number of aromatic nitrogens is 2. The molecule has 0 amide bonds. The summed E-state index contributed by atoms with van der Waals surface area (Å²) in [5, 5.41) is 3.38. The lowest BCUT2D eigenvalue weighted by Crippen LogP contribution is -2.30.